The summed E-state index contributed by atoms with van der Waals surface area (Å²) in [6, 6.07) is -0.895. The van der Waals surface area contributed by atoms with E-state index in [1.54, 1.807) is 0 Å². The fourth-order valence-corrected chi connectivity index (χ4v) is 3.73. The Labute approximate surface area is 154 Å². The lowest BCUT2D eigenvalue weighted by molar-refractivity contribution is -0.816. The van der Waals surface area contributed by atoms with Crippen LogP contribution < -0.4 is 11.5 Å². The normalized spacial score (nSPS) is 27.7. The van der Waals surface area contributed by atoms with E-state index in [-0.39, 0.29) is 9.18 Å². The van der Waals surface area contributed by atoms with E-state index < -0.39 is 12.1 Å². The van der Waals surface area contributed by atoms with E-state index in [1.807, 2.05) is 39.8 Å². The molecule has 0 saturated carbocycles. The van der Waals surface area contributed by atoms with Gasteiger partial charge in [-0.15, -0.1) is 0 Å². The van der Waals surface area contributed by atoms with Crippen molar-refractivity contribution >= 4 is 23.5 Å². The van der Waals surface area contributed by atoms with Crippen LogP contribution in [0, 0.1) is 0 Å². The van der Waals surface area contributed by atoms with Gasteiger partial charge in [0.05, 0.1) is 11.4 Å². The number of quaternary nitrogens is 2. The zero-order chi connectivity index (χ0) is 19.5. The van der Waals surface area contributed by atoms with Gasteiger partial charge in [0, 0.05) is 26.0 Å². The Morgan fingerprint density at radius 2 is 1.12 bits per heavy atom. The maximum absolute atomic E-state index is 11.9. The zero-order valence-corrected chi connectivity index (χ0v) is 16.2. The first-order valence-corrected chi connectivity index (χ1v) is 9.01. The second-order valence-electron chi connectivity index (χ2n) is 7.13. The molecule has 0 aromatic heterocycles. The summed E-state index contributed by atoms with van der Waals surface area (Å²) >= 11 is 0. The lowest BCUT2D eigenvalue weighted by atomic mass is 10.1. The number of urea groups is 2. The second-order valence-corrected chi connectivity index (χ2v) is 7.13. The SMILES string of the molecule is CC1=CC(C)=N[N+]1(CCCCCC[N+]1(C(N)=O)N=C(C)C=C1C)C(N)=O. The third kappa shape index (κ3) is 3.61. The number of nitrogens with two attached hydrogens (primary N) is 2. The highest BCUT2D eigenvalue weighted by atomic mass is 16.2. The summed E-state index contributed by atoms with van der Waals surface area (Å²) in [6.07, 6.45) is 7.26. The number of nitrogens with zero attached hydrogens (tertiary/aromatic N) is 4. The number of hydrogen-bond donors (Lipinski definition) is 2. The van der Waals surface area contributed by atoms with Crippen LogP contribution in [-0.4, -0.2) is 45.8 Å². The molecule has 4 N–H and O–H groups in total. The Morgan fingerprint density at radius 1 is 0.769 bits per heavy atom. The Kier molecular flexibility index (Phi) is 5.77. The third-order valence-electron chi connectivity index (χ3n) is 5.10. The molecule has 142 valence electrons. The molecular weight excluding hydrogens is 332 g/mol. The van der Waals surface area contributed by atoms with Crippen LogP contribution in [-0.2, 0) is 0 Å². The van der Waals surface area contributed by atoms with E-state index in [4.69, 9.17) is 11.5 Å². The predicted molar refractivity (Wildman–Crippen MR) is 102 cm³/mol. The molecule has 0 aliphatic carbocycles. The summed E-state index contributed by atoms with van der Waals surface area (Å²) in [5.74, 6) is 0. The van der Waals surface area contributed by atoms with Gasteiger partial charge in [-0.2, -0.15) is 0 Å². The van der Waals surface area contributed by atoms with Gasteiger partial charge in [-0.3, -0.25) is 0 Å². The van der Waals surface area contributed by atoms with Crippen LogP contribution in [0.15, 0.2) is 33.7 Å². The van der Waals surface area contributed by atoms with E-state index in [0.29, 0.717) is 13.1 Å². The highest BCUT2D eigenvalue weighted by molar-refractivity contribution is 5.95. The minimum atomic E-state index is -0.448. The molecule has 0 saturated heterocycles. The first kappa shape index (κ1) is 20.0. The maximum atomic E-state index is 11.9. The summed E-state index contributed by atoms with van der Waals surface area (Å²) in [6.45, 7) is 8.62. The molecule has 0 bridgehead atoms. The Balaban J connectivity index is 1.85. The standard InChI is InChI=1S/C18H28N6O2/c1-13-11-15(3)23(21-13,17(19)25)9-7-5-6-8-10-24(18(20)26)16(4)12-14(2)22-24/h11-12H,5-10H2,1-4H3,(H2-2,19,20,25,26)/p+2. The van der Waals surface area contributed by atoms with Gasteiger partial charge in [0.15, 0.2) is 0 Å². The number of hydrogen-bond acceptors (Lipinski definition) is 4. The Morgan fingerprint density at radius 3 is 1.35 bits per heavy atom. The average Bonchev–Trinajstić information content (AvgIpc) is 2.99. The predicted octanol–water partition coefficient (Wildman–Crippen LogP) is 2.92. The van der Waals surface area contributed by atoms with Crippen molar-refractivity contribution in [3.8, 4) is 0 Å². The summed E-state index contributed by atoms with van der Waals surface area (Å²) in [5, 5.41) is 8.86. The van der Waals surface area contributed by atoms with E-state index in [0.717, 1.165) is 48.5 Å². The quantitative estimate of drug-likeness (QED) is 0.536. The van der Waals surface area contributed by atoms with Crippen molar-refractivity contribution in [3.63, 3.8) is 0 Å². The number of amides is 4. The molecule has 8 heteroatoms. The van der Waals surface area contributed by atoms with Crippen LogP contribution in [0.3, 0.4) is 0 Å². The summed E-state index contributed by atoms with van der Waals surface area (Å²) in [4.78, 5) is 23.9. The minimum absolute atomic E-state index is 0.127. The first-order valence-electron chi connectivity index (χ1n) is 9.01. The molecule has 0 spiro atoms. The van der Waals surface area contributed by atoms with Crippen LogP contribution in [0.1, 0.15) is 53.4 Å². The van der Waals surface area contributed by atoms with Crippen molar-refractivity contribution in [2.45, 2.75) is 53.4 Å². The molecule has 4 amide bonds. The molecule has 2 unspecified atom stereocenters. The van der Waals surface area contributed by atoms with E-state index in [2.05, 4.69) is 10.2 Å². The van der Waals surface area contributed by atoms with Crippen molar-refractivity contribution in [1.29, 1.82) is 0 Å². The fraction of sp³-hybridized carbons (Fsp3) is 0.556. The van der Waals surface area contributed by atoms with Crippen LogP contribution in [0.2, 0.25) is 0 Å². The molecule has 2 heterocycles. The van der Waals surface area contributed by atoms with E-state index >= 15 is 0 Å². The minimum Gasteiger partial charge on any atom is -0.316 e. The molecule has 2 rings (SSSR count). The van der Waals surface area contributed by atoms with Gasteiger partial charge in [-0.05, 0) is 39.5 Å². The molecule has 0 aromatic rings. The summed E-state index contributed by atoms with van der Waals surface area (Å²) in [5.41, 5.74) is 14.5. The second kappa shape index (κ2) is 7.51. The molecular formula is C18H30N6O2+2. The molecule has 0 aromatic carbocycles. The van der Waals surface area contributed by atoms with Crippen molar-refractivity contribution in [2.24, 2.45) is 21.7 Å². The lowest BCUT2D eigenvalue weighted by Gasteiger charge is -2.25. The van der Waals surface area contributed by atoms with Crippen molar-refractivity contribution in [3.05, 3.63) is 23.5 Å². The Bertz CT molecular complexity index is 674. The lowest BCUT2D eigenvalue weighted by Crippen LogP contribution is -2.49. The third-order valence-corrected chi connectivity index (χ3v) is 5.10. The molecule has 0 fully saturated rings. The maximum Gasteiger partial charge on any atom is 0.445 e. The number of unbranched alkanes of at least 4 members (excludes halogenated alkanes) is 3. The number of rotatable bonds is 7. The molecule has 0 radical (unpaired) electrons. The zero-order valence-electron chi connectivity index (χ0n) is 16.2. The van der Waals surface area contributed by atoms with Gasteiger partial charge in [-0.1, -0.05) is 19.4 Å². The molecule has 8 nitrogen and oxygen atoms in total. The van der Waals surface area contributed by atoms with Gasteiger partial charge in [0.25, 0.3) is 0 Å². The molecule has 2 aliphatic heterocycles. The summed E-state index contributed by atoms with van der Waals surface area (Å²) < 4.78 is -0.253. The number of carbonyl (C=O) groups excluding carboxylic acids is 2. The van der Waals surface area contributed by atoms with Crippen molar-refractivity contribution in [2.75, 3.05) is 13.1 Å². The number of allylic oxidation sites excluding steroid dienone is 4. The molecule has 2 aliphatic rings. The van der Waals surface area contributed by atoms with Crippen molar-refractivity contribution in [1.82, 2.24) is 0 Å². The van der Waals surface area contributed by atoms with Gasteiger partial charge in [-0.25, -0.2) is 9.59 Å². The highest BCUT2D eigenvalue weighted by Crippen LogP contribution is 2.27. The van der Waals surface area contributed by atoms with Crippen LogP contribution in [0.25, 0.3) is 0 Å². The summed E-state index contributed by atoms with van der Waals surface area (Å²) in [7, 11) is 0. The smallest absolute Gasteiger partial charge is 0.316 e. The average molecular weight is 362 g/mol. The number of primary amides is 2. The largest absolute Gasteiger partial charge is 0.445 e. The number of carbonyl (C=O) groups is 2. The fourth-order valence-electron chi connectivity index (χ4n) is 3.73. The molecule has 26 heavy (non-hydrogen) atoms. The van der Waals surface area contributed by atoms with Gasteiger partial charge >= 0.3 is 12.1 Å². The highest BCUT2D eigenvalue weighted by Gasteiger charge is 2.42. The van der Waals surface area contributed by atoms with Crippen LogP contribution in [0.5, 0.6) is 0 Å². The first-order chi connectivity index (χ1) is 12.1. The Hall–Kier alpha value is -2.32. The van der Waals surface area contributed by atoms with Gasteiger partial charge < -0.3 is 11.5 Å². The molecule has 2 atom stereocenters. The van der Waals surface area contributed by atoms with Gasteiger partial charge in [0.2, 0.25) is 0 Å². The van der Waals surface area contributed by atoms with E-state index in [1.165, 1.54) is 0 Å². The van der Waals surface area contributed by atoms with E-state index in [9.17, 15) is 9.59 Å². The van der Waals surface area contributed by atoms with Crippen LogP contribution in [0.4, 0.5) is 9.59 Å². The van der Waals surface area contributed by atoms with Crippen LogP contribution >= 0.6 is 0 Å². The topological polar surface area (TPSA) is 111 Å². The monoisotopic (exact) mass is 362 g/mol. The van der Waals surface area contributed by atoms with Crippen molar-refractivity contribution < 1.29 is 18.8 Å². The van der Waals surface area contributed by atoms with Gasteiger partial charge in [0.1, 0.15) is 24.5 Å².